The van der Waals surface area contributed by atoms with Gasteiger partial charge in [0.25, 0.3) is 5.89 Å². The molecule has 1 saturated carbocycles. The molecule has 2 aromatic heterocycles. The monoisotopic (exact) mass is 294 g/mol. The van der Waals surface area contributed by atoms with Crippen molar-refractivity contribution in [1.29, 1.82) is 0 Å². The average molecular weight is 295 g/mol. The molecule has 20 heavy (non-hydrogen) atoms. The van der Waals surface area contributed by atoms with E-state index in [2.05, 4.69) is 15.1 Å². The second-order valence-electron chi connectivity index (χ2n) is 5.37. The Labute approximate surface area is 124 Å². The first-order valence-corrected chi connectivity index (χ1v) is 6.66. The molecule has 0 amide bonds. The maximum absolute atomic E-state index is 6.33. The van der Waals surface area contributed by atoms with Crippen LogP contribution in [0.4, 0.5) is 0 Å². The normalized spacial score (nSPS) is 16.9. The largest absolute Gasteiger partial charge is 0.334 e. The molecule has 0 bridgehead atoms. The lowest BCUT2D eigenvalue weighted by Gasteiger charge is -2.17. The van der Waals surface area contributed by atoms with Crippen LogP contribution in [0, 0.1) is 13.8 Å². The highest BCUT2D eigenvalue weighted by molar-refractivity contribution is 5.85. The first kappa shape index (κ1) is 14.9. The summed E-state index contributed by atoms with van der Waals surface area (Å²) in [5, 5.41) is 4.07. The maximum Gasteiger partial charge on any atom is 0.259 e. The first-order chi connectivity index (χ1) is 9.08. The van der Waals surface area contributed by atoms with Gasteiger partial charge in [-0.2, -0.15) is 4.98 Å². The number of aryl methyl sites for hydroxylation is 2. The van der Waals surface area contributed by atoms with E-state index in [0.29, 0.717) is 11.7 Å². The smallest absolute Gasteiger partial charge is 0.259 e. The summed E-state index contributed by atoms with van der Waals surface area (Å²) in [6.07, 6.45) is 4.12. The number of aromatic nitrogens is 3. The molecule has 0 atom stereocenters. The fourth-order valence-electron chi connectivity index (χ4n) is 2.68. The van der Waals surface area contributed by atoms with E-state index >= 15 is 0 Å². The summed E-state index contributed by atoms with van der Waals surface area (Å²) in [4.78, 5) is 8.90. The van der Waals surface area contributed by atoms with Crippen LogP contribution in [-0.2, 0) is 5.54 Å². The van der Waals surface area contributed by atoms with Crippen LogP contribution < -0.4 is 5.73 Å². The second-order valence-corrected chi connectivity index (χ2v) is 5.37. The molecule has 3 rings (SSSR count). The maximum atomic E-state index is 6.33. The van der Waals surface area contributed by atoms with Crippen molar-refractivity contribution in [2.24, 2.45) is 5.73 Å². The predicted octanol–water partition coefficient (Wildman–Crippen LogP) is 2.90. The summed E-state index contributed by atoms with van der Waals surface area (Å²) in [5.41, 5.74) is 8.68. The summed E-state index contributed by atoms with van der Waals surface area (Å²) >= 11 is 0. The van der Waals surface area contributed by atoms with Crippen molar-refractivity contribution in [3.8, 4) is 11.5 Å². The lowest BCUT2D eigenvalue weighted by atomic mass is 9.98. The van der Waals surface area contributed by atoms with E-state index in [4.69, 9.17) is 10.3 Å². The van der Waals surface area contributed by atoms with Crippen LogP contribution in [0.1, 0.15) is 42.9 Å². The van der Waals surface area contributed by atoms with Crippen LogP contribution in [0.15, 0.2) is 16.7 Å². The van der Waals surface area contributed by atoms with Crippen LogP contribution >= 0.6 is 12.4 Å². The molecule has 0 saturated heterocycles. The third-order valence-electron chi connectivity index (χ3n) is 3.82. The zero-order valence-corrected chi connectivity index (χ0v) is 12.5. The van der Waals surface area contributed by atoms with Gasteiger partial charge in [-0.05, 0) is 38.8 Å². The van der Waals surface area contributed by atoms with E-state index in [9.17, 15) is 0 Å². The van der Waals surface area contributed by atoms with E-state index in [-0.39, 0.29) is 12.4 Å². The van der Waals surface area contributed by atoms with Gasteiger partial charge in [-0.1, -0.05) is 18.0 Å². The lowest BCUT2D eigenvalue weighted by Crippen LogP contribution is -2.34. The Balaban J connectivity index is 0.00000147. The topological polar surface area (TPSA) is 77.8 Å². The zero-order valence-electron chi connectivity index (χ0n) is 11.7. The van der Waals surface area contributed by atoms with Crippen molar-refractivity contribution in [1.82, 2.24) is 15.1 Å². The summed E-state index contributed by atoms with van der Waals surface area (Å²) < 4.78 is 5.37. The Hall–Kier alpha value is -1.46. The minimum absolute atomic E-state index is 0. The summed E-state index contributed by atoms with van der Waals surface area (Å²) in [6, 6.07) is 3.91. The van der Waals surface area contributed by atoms with E-state index in [1.165, 1.54) is 0 Å². The van der Waals surface area contributed by atoms with Gasteiger partial charge in [0.2, 0.25) is 0 Å². The quantitative estimate of drug-likeness (QED) is 0.921. The molecule has 1 aliphatic carbocycles. The van der Waals surface area contributed by atoms with E-state index in [1.807, 2.05) is 26.0 Å². The van der Waals surface area contributed by atoms with Gasteiger partial charge >= 0.3 is 0 Å². The van der Waals surface area contributed by atoms with Gasteiger partial charge in [0.1, 0.15) is 0 Å². The van der Waals surface area contributed by atoms with Gasteiger partial charge in [0, 0.05) is 5.69 Å². The minimum Gasteiger partial charge on any atom is -0.334 e. The molecule has 0 aliphatic heterocycles. The first-order valence-electron chi connectivity index (χ1n) is 6.66. The van der Waals surface area contributed by atoms with Crippen molar-refractivity contribution < 1.29 is 4.52 Å². The van der Waals surface area contributed by atoms with Gasteiger partial charge in [-0.15, -0.1) is 12.4 Å². The summed E-state index contributed by atoms with van der Waals surface area (Å²) in [7, 11) is 0. The molecule has 1 fully saturated rings. The Morgan fingerprint density at radius 3 is 2.50 bits per heavy atom. The van der Waals surface area contributed by atoms with Crippen molar-refractivity contribution in [2.75, 3.05) is 0 Å². The molecule has 5 nitrogen and oxygen atoms in total. The molecule has 0 unspecified atom stereocenters. The standard InChI is InChI=1S/C14H18N4O.ClH/c1-9-5-6-11(10(2)16-9)12-17-13(18-19-12)14(15)7-3-4-8-14;/h5-6H,3-4,7-8,15H2,1-2H3;1H. The Morgan fingerprint density at radius 1 is 1.15 bits per heavy atom. The van der Waals surface area contributed by atoms with E-state index in [0.717, 1.165) is 42.6 Å². The van der Waals surface area contributed by atoms with Crippen LogP contribution in [0.2, 0.25) is 0 Å². The molecule has 2 aromatic rings. The average Bonchev–Trinajstić information content (AvgIpc) is 2.99. The molecule has 2 N–H and O–H groups in total. The minimum atomic E-state index is -0.409. The third-order valence-corrected chi connectivity index (χ3v) is 3.82. The summed E-state index contributed by atoms with van der Waals surface area (Å²) in [6.45, 7) is 3.91. The Bertz CT molecular complexity index is 605. The fourth-order valence-corrected chi connectivity index (χ4v) is 2.68. The van der Waals surface area contributed by atoms with Crippen LogP contribution in [0.5, 0.6) is 0 Å². The molecular formula is C14H19ClN4O. The number of halogens is 1. The van der Waals surface area contributed by atoms with Crippen molar-refractivity contribution in [3.63, 3.8) is 0 Å². The van der Waals surface area contributed by atoms with Crippen LogP contribution in [0.25, 0.3) is 11.5 Å². The van der Waals surface area contributed by atoms with Gasteiger partial charge < -0.3 is 10.3 Å². The number of hydrogen-bond acceptors (Lipinski definition) is 5. The van der Waals surface area contributed by atoms with Crippen molar-refractivity contribution in [3.05, 3.63) is 29.3 Å². The highest BCUT2D eigenvalue weighted by atomic mass is 35.5. The van der Waals surface area contributed by atoms with Crippen LogP contribution in [-0.4, -0.2) is 15.1 Å². The van der Waals surface area contributed by atoms with Gasteiger partial charge in [-0.25, -0.2) is 0 Å². The number of hydrogen-bond donors (Lipinski definition) is 1. The number of nitrogens with two attached hydrogens (primary N) is 1. The number of rotatable bonds is 2. The molecular weight excluding hydrogens is 276 g/mol. The Morgan fingerprint density at radius 2 is 1.85 bits per heavy atom. The van der Waals surface area contributed by atoms with Crippen molar-refractivity contribution in [2.45, 2.75) is 45.1 Å². The number of pyridine rings is 1. The summed E-state index contributed by atoms with van der Waals surface area (Å²) in [5.74, 6) is 1.14. The SMILES string of the molecule is Cc1ccc(-c2nc(C3(N)CCCC3)no2)c(C)n1.Cl. The Kier molecular flexibility index (Phi) is 4.11. The zero-order chi connectivity index (χ0) is 13.5. The molecule has 108 valence electrons. The molecule has 0 aromatic carbocycles. The number of nitrogens with zero attached hydrogens (tertiary/aromatic N) is 3. The molecule has 0 radical (unpaired) electrons. The van der Waals surface area contributed by atoms with Gasteiger partial charge in [0.05, 0.1) is 16.8 Å². The highest BCUT2D eigenvalue weighted by Gasteiger charge is 2.36. The highest BCUT2D eigenvalue weighted by Crippen LogP contribution is 2.35. The molecule has 1 aliphatic rings. The van der Waals surface area contributed by atoms with Gasteiger partial charge in [-0.3, -0.25) is 4.98 Å². The molecule has 2 heterocycles. The predicted molar refractivity (Wildman–Crippen MR) is 78.6 cm³/mol. The lowest BCUT2D eigenvalue weighted by molar-refractivity contribution is 0.372. The fraction of sp³-hybridized carbons (Fsp3) is 0.500. The second kappa shape index (κ2) is 5.50. The van der Waals surface area contributed by atoms with Gasteiger partial charge in [0.15, 0.2) is 5.82 Å². The molecule has 6 heteroatoms. The van der Waals surface area contributed by atoms with E-state index < -0.39 is 5.54 Å². The molecule has 0 spiro atoms. The van der Waals surface area contributed by atoms with E-state index in [1.54, 1.807) is 0 Å². The van der Waals surface area contributed by atoms with Crippen molar-refractivity contribution >= 4 is 12.4 Å². The third kappa shape index (κ3) is 2.55. The van der Waals surface area contributed by atoms with Crippen LogP contribution in [0.3, 0.4) is 0 Å².